The maximum atomic E-state index is 13.4. The van der Waals surface area contributed by atoms with Gasteiger partial charge in [0.25, 0.3) is 0 Å². The van der Waals surface area contributed by atoms with Crippen LogP contribution in [0.5, 0.6) is 0 Å². The second kappa shape index (κ2) is 8.64. The van der Waals surface area contributed by atoms with E-state index in [4.69, 9.17) is 14.4 Å². The molecule has 3 amide bonds. The van der Waals surface area contributed by atoms with Gasteiger partial charge in [0.15, 0.2) is 0 Å². The van der Waals surface area contributed by atoms with Gasteiger partial charge < -0.3 is 19.8 Å². The van der Waals surface area contributed by atoms with Gasteiger partial charge in [0.2, 0.25) is 0 Å². The van der Waals surface area contributed by atoms with Crippen LogP contribution in [0.3, 0.4) is 0 Å². The Morgan fingerprint density at radius 2 is 1.97 bits per heavy atom. The average Bonchev–Trinajstić information content (AvgIpc) is 3.28. The molecule has 9 nitrogen and oxygen atoms in total. The summed E-state index contributed by atoms with van der Waals surface area (Å²) in [6.07, 6.45) is 5.26. The summed E-state index contributed by atoms with van der Waals surface area (Å²) in [4.78, 5) is 39.3. The van der Waals surface area contributed by atoms with Gasteiger partial charge in [-0.3, -0.25) is 4.84 Å². The smallest absolute Gasteiger partial charge is 0.407 e. The monoisotopic (exact) mass is 496 g/mol. The Labute approximate surface area is 212 Å². The first kappa shape index (κ1) is 23.6. The van der Waals surface area contributed by atoms with E-state index in [9.17, 15) is 9.59 Å². The molecule has 2 bridgehead atoms. The molecule has 1 aromatic carbocycles. The van der Waals surface area contributed by atoms with E-state index in [-0.39, 0.29) is 41.8 Å². The summed E-state index contributed by atoms with van der Waals surface area (Å²) in [5.74, 6) is 0.345. The Morgan fingerprint density at radius 1 is 1.22 bits per heavy atom. The number of amides is 3. The van der Waals surface area contributed by atoms with Crippen molar-refractivity contribution in [1.82, 2.24) is 15.3 Å². The van der Waals surface area contributed by atoms with E-state index in [0.717, 1.165) is 49.8 Å². The number of hydroxylamine groups is 2. The molecule has 2 saturated carbocycles. The van der Waals surface area contributed by atoms with Crippen LogP contribution in [0.15, 0.2) is 35.5 Å². The molecule has 1 N–H and O–H groups in total. The predicted octanol–water partition coefficient (Wildman–Crippen LogP) is 4.23. The Morgan fingerprint density at radius 3 is 2.67 bits per heavy atom. The van der Waals surface area contributed by atoms with Crippen molar-refractivity contribution in [1.29, 1.82) is 0 Å². The molecule has 3 heterocycles. The molecule has 6 rings (SSSR count). The molecule has 2 aliphatic carbocycles. The fourth-order valence-electron chi connectivity index (χ4n) is 6.21. The van der Waals surface area contributed by atoms with Gasteiger partial charge in [-0.2, -0.15) is 5.06 Å². The van der Waals surface area contributed by atoms with Crippen LogP contribution in [0.1, 0.15) is 64.9 Å². The second-order valence-electron chi connectivity index (χ2n) is 12.1. The molecule has 9 heteroatoms. The lowest BCUT2D eigenvalue weighted by Crippen LogP contribution is -2.50. The molecule has 4 fully saturated rings. The number of alkyl carbamates (subject to hydrolysis) is 1. The normalized spacial score (nSPS) is 32.1. The maximum absolute atomic E-state index is 13.4. The van der Waals surface area contributed by atoms with E-state index in [2.05, 4.69) is 10.5 Å². The van der Waals surface area contributed by atoms with Gasteiger partial charge in [0.05, 0.1) is 17.8 Å². The first-order chi connectivity index (χ1) is 17.2. The third-order valence-electron chi connectivity index (χ3n) is 8.40. The highest BCUT2D eigenvalue weighted by Crippen LogP contribution is 2.59. The standard InChI is InChI=1S/C27H36N4O5/c1-26(2,3)35-24(32)28-19-11-18(12-19)22-13-20(29-36-22)21-14-27(9-10-27)23-15-30(21)25(33)31(23)34-16-17-7-5-4-6-8-17/h4-8,18-19,21-23H,9-16H2,1-3H3,(H,28,32)/t18?,19?,21-,22?,23+/m0/s1. The number of oxime groups is 1. The van der Waals surface area contributed by atoms with Crippen LogP contribution in [0.2, 0.25) is 0 Å². The third kappa shape index (κ3) is 4.42. The minimum Gasteiger partial charge on any atom is -0.444 e. The molecule has 0 radical (unpaired) electrons. The van der Waals surface area contributed by atoms with Gasteiger partial charge in [-0.15, -0.1) is 0 Å². The SMILES string of the molecule is CC(C)(C)OC(=O)NC1CC(C2CC([C@@H]3CC4(CC4)[C@H]4CN3C(=O)N4OCc3ccccc3)=NO2)C1. The van der Waals surface area contributed by atoms with Gasteiger partial charge in [0, 0.05) is 24.9 Å². The number of hydrogen-bond donors (Lipinski definition) is 1. The van der Waals surface area contributed by atoms with E-state index in [0.29, 0.717) is 19.1 Å². The molecule has 1 spiro atoms. The van der Waals surface area contributed by atoms with Crippen molar-refractivity contribution in [3.8, 4) is 0 Å². The van der Waals surface area contributed by atoms with Gasteiger partial charge in [-0.1, -0.05) is 35.5 Å². The fraction of sp³-hybridized carbons (Fsp3) is 0.667. The van der Waals surface area contributed by atoms with Crippen LogP contribution in [-0.4, -0.2) is 64.2 Å². The van der Waals surface area contributed by atoms with Crippen molar-refractivity contribution < 1.29 is 24.0 Å². The second-order valence-corrected chi connectivity index (χ2v) is 12.1. The number of hydrogen-bond acceptors (Lipinski definition) is 6. The number of carbonyl (C=O) groups is 2. The minimum atomic E-state index is -0.502. The van der Waals surface area contributed by atoms with Crippen LogP contribution in [-0.2, 0) is 21.0 Å². The van der Waals surface area contributed by atoms with Crippen molar-refractivity contribution in [2.24, 2.45) is 16.5 Å². The lowest BCUT2D eigenvalue weighted by molar-refractivity contribution is -0.153. The summed E-state index contributed by atoms with van der Waals surface area (Å²) in [6.45, 7) is 6.67. The molecule has 1 unspecified atom stereocenters. The Hall–Kier alpha value is -2.81. The summed E-state index contributed by atoms with van der Waals surface area (Å²) < 4.78 is 5.36. The zero-order valence-corrected chi connectivity index (χ0v) is 21.3. The number of ether oxygens (including phenoxy) is 1. The number of benzene rings is 1. The molecule has 5 aliphatic rings. The number of carbonyl (C=O) groups excluding carboxylic acids is 2. The summed E-state index contributed by atoms with van der Waals surface area (Å²) in [5.41, 5.74) is 1.66. The van der Waals surface area contributed by atoms with Gasteiger partial charge in [0.1, 0.15) is 18.3 Å². The van der Waals surface area contributed by atoms with Crippen molar-refractivity contribution in [3.05, 3.63) is 35.9 Å². The molecular weight excluding hydrogens is 460 g/mol. The highest BCUT2D eigenvalue weighted by atomic mass is 16.7. The first-order valence-electron chi connectivity index (χ1n) is 13.2. The van der Waals surface area contributed by atoms with E-state index < -0.39 is 5.60 Å². The summed E-state index contributed by atoms with van der Waals surface area (Å²) in [6, 6.07) is 10.1. The zero-order valence-electron chi connectivity index (χ0n) is 21.3. The highest BCUT2D eigenvalue weighted by Gasteiger charge is 2.64. The van der Waals surface area contributed by atoms with Gasteiger partial charge in [-0.25, -0.2) is 9.59 Å². The van der Waals surface area contributed by atoms with Crippen molar-refractivity contribution >= 4 is 17.8 Å². The average molecular weight is 497 g/mol. The molecule has 3 atom stereocenters. The third-order valence-corrected chi connectivity index (χ3v) is 8.40. The van der Waals surface area contributed by atoms with Crippen LogP contribution < -0.4 is 5.32 Å². The zero-order chi connectivity index (χ0) is 25.1. The van der Waals surface area contributed by atoms with E-state index in [1.807, 2.05) is 56.0 Å². The van der Waals surface area contributed by atoms with Gasteiger partial charge in [-0.05, 0) is 63.9 Å². The van der Waals surface area contributed by atoms with Gasteiger partial charge >= 0.3 is 12.1 Å². The summed E-state index contributed by atoms with van der Waals surface area (Å²) in [7, 11) is 0. The van der Waals surface area contributed by atoms with E-state index >= 15 is 0 Å². The van der Waals surface area contributed by atoms with E-state index in [1.54, 1.807) is 5.06 Å². The Balaban J connectivity index is 1.04. The Kier molecular flexibility index (Phi) is 5.66. The molecule has 1 aromatic rings. The Bertz CT molecular complexity index is 1040. The number of nitrogens with zero attached hydrogens (tertiary/aromatic N) is 3. The maximum Gasteiger partial charge on any atom is 0.407 e. The fourth-order valence-corrected chi connectivity index (χ4v) is 6.21. The molecule has 3 aliphatic heterocycles. The summed E-state index contributed by atoms with van der Waals surface area (Å²) in [5, 5.41) is 9.09. The van der Waals surface area contributed by atoms with E-state index in [1.165, 1.54) is 0 Å². The van der Waals surface area contributed by atoms with Crippen molar-refractivity contribution in [3.63, 3.8) is 0 Å². The topological polar surface area (TPSA) is 92.7 Å². The lowest BCUT2D eigenvalue weighted by Gasteiger charge is -2.39. The van der Waals surface area contributed by atoms with Crippen molar-refractivity contribution in [2.75, 3.05) is 6.54 Å². The molecule has 36 heavy (non-hydrogen) atoms. The molecule has 2 saturated heterocycles. The molecule has 0 aromatic heterocycles. The number of nitrogens with one attached hydrogen (secondary N) is 1. The molecular formula is C27H36N4O5. The summed E-state index contributed by atoms with van der Waals surface area (Å²) >= 11 is 0. The number of piperidine rings is 1. The lowest BCUT2D eigenvalue weighted by atomic mass is 9.74. The van der Waals surface area contributed by atoms with Crippen LogP contribution in [0.4, 0.5) is 9.59 Å². The largest absolute Gasteiger partial charge is 0.444 e. The van der Waals surface area contributed by atoms with Crippen LogP contribution >= 0.6 is 0 Å². The van der Waals surface area contributed by atoms with Crippen molar-refractivity contribution in [2.45, 2.75) is 95.7 Å². The first-order valence-corrected chi connectivity index (χ1v) is 13.2. The quantitative estimate of drug-likeness (QED) is 0.637. The van der Waals surface area contributed by atoms with Crippen LogP contribution in [0.25, 0.3) is 0 Å². The number of fused-ring (bicyclic) bond motifs is 3. The minimum absolute atomic E-state index is 0.00713. The molecule has 194 valence electrons. The highest BCUT2D eigenvalue weighted by molar-refractivity contribution is 5.94. The predicted molar refractivity (Wildman–Crippen MR) is 132 cm³/mol. The van der Waals surface area contributed by atoms with Crippen LogP contribution in [0, 0.1) is 11.3 Å². The number of rotatable bonds is 6. The number of urea groups is 1.